The van der Waals surface area contributed by atoms with Crippen LogP contribution in [0.5, 0.6) is 0 Å². The van der Waals surface area contributed by atoms with Crippen LogP contribution in [0.1, 0.15) is 5.56 Å². The summed E-state index contributed by atoms with van der Waals surface area (Å²) in [5.41, 5.74) is 10.2. The molecule has 5 nitrogen and oxygen atoms in total. The monoisotopic (exact) mass is 246 g/mol. The highest BCUT2D eigenvalue weighted by Crippen LogP contribution is 2.18. The quantitative estimate of drug-likeness (QED) is 0.657. The molecule has 17 heavy (non-hydrogen) atoms. The zero-order valence-electron chi connectivity index (χ0n) is 8.81. The maximum absolute atomic E-state index is 10.7. The van der Waals surface area contributed by atoms with Gasteiger partial charge in [-0.1, -0.05) is 36.5 Å². The second kappa shape index (κ2) is 4.75. The fourth-order valence-electron chi connectivity index (χ4n) is 1.37. The van der Waals surface area contributed by atoms with Gasteiger partial charge in [-0.15, -0.1) is 0 Å². The Morgan fingerprint density at radius 1 is 1.35 bits per heavy atom. The van der Waals surface area contributed by atoms with Crippen LogP contribution in [0.25, 0.3) is 6.08 Å². The molecule has 0 bridgehead atoms. The third kappa shape index (κ3) is 2.67. The van der Waals surface area contributed by atoms with Crippen LogP contribution in [-0.2, 0) is 0 Å². The summed E-state index contributed by atoms with van der Waals surface area (Å²) in [7, 11) is 0. The Balaban J connectivity index is 2.23. The molecule has 1 aliphatic rings. The summed E-state index contributed by atoms with van der Waals surface area (Å²) in [6, 6.07) is 6.97. The van der Waals surface area contributed by atoms with Crippen LogP contribution < -0.4 is 16.5 Å². The van der Waals surface area contributed by atoms with Gasteiger partial charge in [-0.3, -0.25) is 10.7 Å². The van der Waals surface area contributed by atoms with E-state index >= 15 is 0 Å². The Kier molecular flexibility index (Phi) is 3.15. The molecule has 0 unspecified atom stereocenters. The molecule has 1 aromatic carbocycles. The number of anilines is 1. The van der Waals surface area contributed by atoms with E-state index in [2.05, 4.69) is 15.8 Å². The van der Waals surface area contributed by atoms with Crippen molar-refractivity contribution in [2.45, 2.75) is 0 Å². The van der Waals surface area contributed by atoms with Gasteiger partial charge in [0, 0.05) is 0 Å². The number of amides is 2. The molecule has 0 fully saturated rings. The standard InChI is InChI=1S/C11H10N4OS/c12-11(16)13-10(17)9-6-5-7-3-1-2-4-8(7)14-15-9/h1-6,14H,(H3,12,13,16,17). The first-order chi connectivity index (χ1) is 8.16. The summed E-state index contributed by atoms with van der Waals surface area (Å²) in [5, 5.41) is 6.40. The Hall–Kier alpha value is -2.21. The average molecular weight is 246 g/mol. The highest BCUT2D eigenvalue weighted by atomic mass is 32.1. The molecule has 0 radical (unpaired) electrons. The molecule has 6 heteroatoms. The van der Waals surface area contributed by atoms with Crippen LogP contribution >= 0.6 is 12.2 Å². The van der Waals surface area contributed by atoms with E-state index in [1.54, 1.807) is 6.08 Å². The maximum atomic E-state index is 10.7. The van der Waals surface area contributed by atoms with Crippen molar-refractivity contribution >= 4 is 40.7 Å². The Bertz CT molecular complexity index is 536. The van der Waals surface area contributed by atoms with E-state index in [1.165, 1.54) is 0 Å². The molecule has 4 N–H and O–H groups in total. The van der Waals surface area contributed by atoms with Gasteiger partial charge < -0.3 is 5.73 Å². The second-order valence-electron chi connectivity index (χ2n) is 3.35. The number of hydrogen-bond acceptors (Lipinski definition) is 4. The fourth-order valence-corrected chi connectivity index (χ4v) is 1.59. The zero-order chi connectivity index (χ0) is 12.3. The number of para-hydroxylation sites is 1. The van der Waals surface area contributed by atoms with Crippen LogP contribution in [0.4, 0.5) is 10.5 Å². The topological polar surface area (TPSA) is 79.5 Å². The maximum Gasteiger partial charge on any atom is 0.317 e. The van der Waals surface area contributed by atoms with Gasteiger partial charge in [0.2, 0.25) is 0 Å². The molecule has 2 amide bonds. The number of nitrogens with two attached hydrogens (primary N) is 1. The molecule has 0 saturated carbocycles. The molecular formula is C11H10N4OS. The lowest BCUT2D eigenvalue weighted by Crippen LogP contribution is -2.37. The zero-order valence-corrected chi connectivity index (χ0v) is 9.62. The van der Waals surface area contributed by atoms with Gasteiger partial charge in [0.25, 0.3) is 0 Å². The molecule has 0 saturated heterocycles. The third-order valence-corrected chi connectivity index (χ3v) is 2.46. The number of urea groups is 1. The van der Waals surface area contributed by atoms with Crippen LogP contribution in [-0.4, -0.2) is 16.7 Å². The van der Waals surface area contributed by atoms with Crippen LogP contribution in [0.3, 0.4) is 0 Å². The molecular weight excluding hydrogens is 236 g/mol. The smallest absolute Gasteiger partial charge is 0.317 e. The summed E-state index contributed by atoms with van der Waals surface area (Å²) in [5.74, 6) is 0. The number of hydrazone groups is 1. The molecule has 0 aliphatic carbocycles. The largest absolute Gasteiger partial charge is 0.351 e. The summed E-state index contributed by atoms with van der Waals surface area (Å²) in [4.78, 5) is 10.9. The highest BCUT2D eigenvalue weighted by Gasteiger charge is 2.09. The average Bonchev–Trinajstić information content (AvgIpc) is 2.50. The van der Waals surface area contributed by atoms with Crippen molar-refractivity contribution in [2.24, 2.45) is 10.8 Å². The van der Waals surface area contributed by atoms with Gasteiger partial charge in [0.1, 0.15) is 10.7 Å². The number of primary amides is 1. The van der Waals surface area contributed by atoms with Crippen LogP contribution in [0.15, 0.2) is 35.4 Å². The number of fused-ring (bicyclic) bond motifs is 1. The van der Waals surface area contributed by atoms with Gasteiger partial charge in [-0.05, 0) is 17.7 Å². The van der Waals surface area contributed by atoms with Gasteiger partial charge in [0.05, 0.1) is 5.69 Å². The molecule has 0 aromatic heterocycles. The first-order valence-corrected chi connectivity index (χ1v) is 5.29. The molecule has 86 valence electrons. The minimum atomic E-state index is -0.701. The van der Waals surface area contributed by atoms with Crippen molar-refractivity contribution < 1.29 is 4.79 Å². The number of nitrogens with one attached hydrogen (secondary N) is 2. The summed E-state index contributed by atoms with van der Waals surface area (Å²) < 4.78 is 0. The Labute approximate surface area is 103 Å². The summed E-state index contributed by atoms with van der Waals surface area (Å²) in [6.07, 6.45) is 3.58. The van der Waals surface area contributed by atoms with Gasteiger partial charge >= 0.3 is 6.03 Å². The lowest BCUT2D eigenvalue weighted by Gasteiger charge is -2.04. The molecule has 2 rings (SSSR count). The molecule has 0 atom stereocenters. The van der Waals surface area contributed by atoms with E-state index in [-0.39, 0.29) is 4.99 Å². The van der Waals surface area contributed by atoms with Crippen molar-refractivity contribution in [1.29, 1.82) is 0 Å². The normalized spacial score (nSPS) is 12.8. The first kappa shape index (κ1) is 11.3. The Morgan fingerprint density at radius 2 is 2.12 bits per heavy atom. The number of nitrogens with zero attached hydrogens (tertiary/aromatic N) is 1. The summed E-state index contributed by atoms with van der Waals surface area (Å²) in [6.45, 7) is 0. The van der Waals surface area contributed by atoms with E-state index in [0.29, 0.717) is 5.71 Å². The molecule has 1 aliphatic heterocycles. The minimum Gasteiger partial charge on any atom is -0.351 e. The van der Waals surface area contributed by atoms with Crippen molar-refractivity contribution in [3.8, 4) is 0 Å². The number of benzene rings is 1. The third-order valence-electron chi connectivity index (χ3n) is 2.15. The summed E-state index contributed by atoms with van der Waals surface area (Å²) >= 11 is 4.99. The van der Waals surface area contributed by atoms with E-state index in [0.717, 1.165) is 11.3 Å². The minimum absolute atomic E-state index is 0.189. The Morgan fingerprint density at radius 3 is 2.88 bits per heavy atom. The van der Waals surface area contributed by atoms with Crippen LogP contribution in [0.2, 0.25) is 0 Å². The first-order valence-electron chi connectivity index (χ1n) is 4.88. The molecule has 0 spiro atoms. The number of thiocarbonyl (C=S) groups is 1. The number of rotatable bonds is 1. The molecule has 1 aromatic rings. The lowest BCUT2D eigenvalue weighted by atomic mass is 10.1. The van der Waals surface area contributed by atoms with Crippen LogP contribution in [0, 0.1) is 0 Å². The van der Waals surface area contributed by atoms with Gasteiger partial charge in [0.15, 0.2) is 0 Å². The van der Waals surface area contributed by atoms with E-state index in [9.17, 15) is 4.79 Å². The predicted molar refractivity (Wildman–Crippen MR) is 71.9 cm³/mol. The highest BCUT2D eigenvalue weighted by molar-refractivity contribution is 7.82. The van der Waals surface area contributed by atoms with Crippen molar-refractivity contribution in [2.75, 3.05) is 5.43 Å². The number of hydrogen-bond donors (Lipinski definition) is 3. The molecule has 1 heterocycles. The number of carbonyl (C=O) groups excluding carboxylic acids is 1. The lowest BCUT2D eigenvalue weighted by molar-refractivity contribution is 0.253. The SMILES string of the molecule is NC(=O)NC(=S)C1=NNc2ccccc2C=C1. The number of carbonyl (C=O) groups is 1. The fraction of sp³-hybridized carbons (Fsp3) is 0. The predicted octanol–water partition coefficient (Wildman–Crippen LogP) is 1.48. The van der Waals surface area contributed by atoms with E-state index in [1.807, 2.05) is 30.3 Å². The van der Waals surface area contributed by atoms with Gasteiger partial charge in [-0.2, -0.15) is 5.10 Å². The van der Waals surface area contributed by atoms with E-state index in [4.69, 9.17) is 18.0 Å². The van der Waals surface area contributed by atoms with Crippen molar-refractivity contribution in [3.05, 3.63) is 35.9 Å². The van der Waals surface area contributed by atoms with E-state index < -0.39 is 6.03 Å². The second-order valence-corrected chi connectivity index (χ2v) is 3.76. The van der Waals surface area contributed by atoms with Gasteiger partial charge in [-0.25, -0.2) is 4.79 Å². The van der Waals surface area contributed by atoms with Crippen molar-refractivity contribution in [1.82, 2.24) is 5.32 Å². The van der Waals surface area contributed by atoms with Crippen molar-refractivity contribution in [3.63, 3.8) is 0 Å².